The van der Waals surface area contributed by atoms with Gasteiger partial charge in [-0.2, -0.15) is 0 Å². The highest BCUT2D eigenvalue weighted by atomic mass is 79.9. The monoisotopic (exact) mass is 335 g/mol. The van der Waals surface area contributed by atoms with Crippen LogP contribution in [-0.4, -0.2) is 11.7 Å². The van der Waals surface area contributed by atoms with Crippen molar-refractivity contribution < 1.29 is 9.84 Å². The fraction of sp³-hybridized carbons (Fsp3) is 0.250. The highest BCUT2D eigenvalue weighted by molar-refractivity contribution is 9.10. The first kappa shape index (κ1) is 15.0. The fourth-order valence-corrected chi connectivity index (χ4v) is 2.34. The lowest BCUT2D eigenvalue weighted by atomic mass is 10.1. The zero-order chi connectivity index (χ0) is 14.5. The van der Waals surface area contributed by atoms with Crippen LogP contribution < -0.4 is 10.5 Å². The molecule has 20 heavy (non-hydrogen) atoms. The van der Waals surface area contributed by atoms with Crippen molar-refractivity contribution >= 4 is 15.9 Å². The highest BCUT2D eigenvalue weighted by Crippen LogP contribution is 2.31. The molecule has 2 rings (SSSR count). The molecule has 0 spiro atoms. The summed E-state index contributed by atoms with van der Waals surface area (Å²) in [5.41, 5.74) is 8.00. The zero-order valence-corrected chi connectivity index (χ0v) is 12.9. The molecule has 3 N–H and O–H groups in total. The first-order valence-corrected chi connectivity index (χ1v) is 7.32. The van der Waals surface area contributed by atoms with Gasteiger partial charge in [0, 0.05) is 12.6 Å². The number of aliphatic hydroxyl groups excluding tert-OH is 1. The molecule has 4 heteroatoms. The summed E-state index contributed by atoms with van der Waals surface area (Å²) in [4.78, 5) is 0. The Morgan fingerprint density at radius 3 is 2.45 bits per heavy atom. The Hall–Kier alpha value is -1.36. The Labute approximate surface area is 127 Å². The number of ether oxygens (including phenoxy) is 1. The summed E-state index contributed by atoms with van der Waals surface area (Å²) in [5.74, 6) is 1.52. The van der Waals surface area contributed by atoms with Gasteiger partial charge in [0.2, 0.25) is 0 Å². The predicted octanol–water partition coefficient (Wildman–Crippen LogP) is 3.80. The van der Waals surface area contributed by atoms with Crippen molar-refractivity contribution in [2.45, 2.75) is 19.4 Å². The molecule has 0 saturated heterocycles. The predicted molar refractivity (Wildman–Crippen MR) is 84.1 cm³/mol. The highest BCUT2D eigenvalue weighted by Gasteiger charge is 2.06. The van der Waals surface area contributed by atoms with E-state index < -0.39 is 0 Å². The summed E-state index contributed by atoms with van der Waals surface area (Å²) >= 11 is 3.50. The number of hydrogen-bond donors (Lipinski definition) is 2. The van der Waals surface area contributed by atoms with E-state index >= 15 is 0 Å². The molecular formula is C16H18BrNO2. The van der Waals surface area contributed by atoms with E-state index in [9.17, 15) is 0 Å². The quantitative estimate of drug-likeness (QED) is 0.873. The van der Waals surface area contributed by atoms with E-state index in [-0.39, 0.29) is 12.6 Å². The lowest BCUT2D eigenvalue weighted by Gasteiger charge is -2.11. The molecule has 0 unspecified atom stereocenters. The van der Waals surface area contributed by atoms with Crippen LogP contribution in [0.2, 0.25) is 0 Å². The maximum atomic E-state index is 8.88. The molecule has 106 valence electrons. The lowest BCUT2D eigenvalue weighted by Crippen LogP contribution is -2.04. The molecular weight excluding hydrogens is 318 g/mol. The zero-order valence-electron chi connectivity index (χ0n) is 11.3. The van der Waals surface area contributed by atoms with Crippen molar-refractivity contribution in [1.82, 2.24) is 0 Å². The van der Waals surface area contributed by atoms with Gasteiger partial charge in [-0.25, -0.2) is 0 Å². The summed E-state index contributed by atoms with van der Waals surface area (Å²) in [5, 5.41) is 8.88. The van der Waals surface area contributed by atoms with Gasteiger partial charge in [0.15, 0.2) is 0 Å². The number of halogens is 1. The molecule has 3 nitrogen and oxygen atoms in total. The number of aliphatic hydroxyl groups is 1. The van der Waals surface area contributed by atoms with E-state index in [1.807, 2.05) is 49.4 Å². The molecule has 0 radical (unpaired) electrons. The van der Waals surface area contributed by atoms with Gasteiger partial charge in [-0.3, -0.25) is 0 Å². The van der Waals surface area contributed by atoms with Crippen LogP contribution in [0.4, 0.5) is 0 Å². The molecule has 0 aliphatic rings. The van der Waals surface area contributed by atoms with Crippen molar-refractivity contribution in [1.29, 1.82) is 0 Å². The van der Waals surface area contributed by atoms with Crippen LogP contribution in [-0.2, 0) is 6.42 Å². The second-order valence-electron chi connectivity index (χ2n) is 4.70. The van der Waals surface area contributed by atoms with Gasteiger partial charge in [0.1, 0.15) is 11.5 Å². The maximum Gasteiger partial charge on any atom is 0.141 e. The van der Waals surface area contributed by atoms with Crippen LogP contribution in [0.5, 0.6) is 11.5 Å². The first-order valence-electron chi connectivity index (χ1n) is 6.53. The smallest absolute Gasteiger partial charge is 0.141 e. The van der Waals surface area contributed by atoms with Gasteiger partial charge < -0.3 is 15.6 Å². The molecule has 0 bridgehead atoms. The first-order chi connectivity index (χ1) is 9.60. The molecule has 1 atom stereocenters. The Morgan fingerprint density at radius 2 is 1.90 bits per heavy atom. The van der Waals surface area contributed by atoms with Crippen LogP contribution in [0.15, 0.2) is 46.9 Å². The van der Waals surface area contributed by atoms with E-state index in [1.165, 1.54) is 0 Å². The summed E-state index contributed by atoms with van der Waals surface area (Å²) in [6.07, 6.45) is 0.660. The fourth-order valence-electron chi connectivity index (χ4n) is 1.86. The molecule has 0 aliphatic heterocycles. The van der Waals surface area contributed by atoms with E-state index in [1.54, 1.807) is 0 Å². The molecule has 0 heterocycles. The lowest BCUT2D eigenvalue weighted by molar-refractivity contribution is 0.299. The molecule has 2 aromatic rings. The standard InChI is InChI=1S/C16H18BrNO2/c1-11(18)13-4-7-16(15(17)10-13)20-14-5-2-12(3-6-14)8-9-19/h2-7,10-11,19H,8-9,18H2,1H3/t11-/m1/s1. The second-order valence-corrected chi connectivity index (χ2v) is 5.55. The summed E-state index contributed by atoms with van der Waals surface area (Å²) in [6, 6.07) is 13.5. The van der Waals surface area contributed by atoms with Gasteiger partial charge in [-0.1, -0.05) is 18.2 Å². The van der Waals surface area contributed by atoms with Crippen molar-refractivity contribution in [2.75, 3.05) is 6.61 Å². The van der Waals surface area contributed by atoms with Crippen LogP contribution >= 0.6 is 15.9 Å². The summed E-state index contributed by atoms with van der Waals surface area (Å²) < 4.78 is 6.71. The number of rotatable bonds is 5. The second kappa shape index (κ2) is 6.88. The Balaban J connectivity index is 2.13. The minimum Gasteiger partial charge on any atom is -0.456 e. The topological polar surface area (TPSA) is 55.5 Å². The van der Waals surface area contributed by atoms with Crippen LogP contribution in [0.3, 0.4) is 0 Å². The number of hydrogen-bond acceptors (Lipinski definition) is 3. The third kappa shape index (κ3) is 3.82. The van der Waals surface area contributed by atoms with Gasteiger partial charge in [-0.15, -0.1) is 0 Å². The molecule has 0 saturated carbocycles. The van der Waals surface area contributed by atoms with Crippen molar-refractivity contribution in [3.8, 4) is 11.5 Å². The minimum absolute atomic E-state index is 0.00175. The number of benzene rings is 2. The molecule has 0 aliphatic carbocycles. The Kier molecular flexibility index (Phi) is 5.17. The average Bonchev–Trinajstić information content (AvgIpc) is 2.43. The molecule has 0 fully saturated rings. The maximum absolute atomic E-state index is 8.88. The normalized spacial score (nSPS) is 12.2. The van der Waals surface area contributed by atoms with Gasteiger partial charge in [0.25, 0.3) is 0 Å². The van der Waals surface area contributed by atoms with E-state index in [0.29, 0.717) is 6.42 Å². The summed E-state index contributed by atoms with van der Waals surface area (Å²) in [6.45, 7) is 2.10. The van der Waals surface area contributed by atoms with E-state index in [2.05, 4.69) is 15.9 Å². The average molecular weight is 336 g/mol. The number of nitrogens with two attached hydrogens (primary N) is 1. The van der Waals surface area contributed by atoms with Gasteiger partial charge in [-0.05, 0) is 64.7 Å². The van der Waals surface area contributed by atoms with E-state index in [0.717, 1.165) is 27.1 Å². The third-order valence-electron chi connectivity index (χ3n) is 3.03. The molecule has 0 amide bonds. The van der Waals surface area contributed by atoms with Crippen LogP contribution in [0, 0.1) is 0 Å². The molecule has 2 aromatic carbocycles. The Morgan fingerprint density at radius 1 is 1.20 bits per heavy atom. The van der Waals surface area contributed by atoms with Crippen LogP contribution in [0.25, 0.3) is 0 Å². The summed E-state index contributed by atoms with van der Waals surface area (Å²) in [7, 11) is 0. The van der Waals surface area contributed by atoms with Crippen molar-refractivity contribution in [3.63, 3.8) is 0 Å². The van der Waals surface area contributed by atoms with Crippen molar-refractivity contribution in [2.24, 2.45) is 5.73 Å². The largest absolute Gasteiger partial charge is 0.456 e. The SMILES string of the molecule is C[C@@H](N)c1ccc(Oc2ccc(CCO)cc2)c(Br)c1. The molecule has 0 aromatic heterocycles. The van der Waals surface area contributed by atoms with Gasteiger partial charge >= 0.3 is 0 Å². The van der Waals surface area contributed by atoms with Gasteiger partial charge in [0.05, 0.1) is 4.47 Å². The van der Waals surface area contributed by atoms with E-state index in [4.69, 9.17) is 15.6 Å². The minimum atomic E-state index is -0.00175. The third-order valence-corrected chi connectivity index (χ3v) is 3.65. The van der Waals surface area contributed by atoms with Crippen molar-refractivity contribution in [3.05, 3.63) is 58.1 Å². The van der Waals surface area contributed by atoms with Crippen LogP contribution in [0.1, 0.15) is 24.1 Å². The Bertz CT molecular complexity index is 567.